The van der Waals surface area contributed by atoms with Crippen LogP contribution < -0.4 is 10.6 Å². The Labute approximate surface area is 186 Å². The maximum atomic E-state index is 10.8. The molecule has 0 aliphatic carbocycles. The molecular formula is C24H41N3O2S. The van der Waals surface area contributed by atoms with E-state index in [0.29, 0.717) is 11.7 Å². The number of aromatic hydroxyl groups is 1. The zero-order chi connectivity index (χ0) is 21.4. The number of rotatable bonds is 5. The van der Waals surface area contributed by atoms with Crippen molar-refractivity contribution in [1.29, 1.82) is 0 Å². The van der Waals surface area contributed by atoms with Crippen molar-refractivity contribution in [3.05, 3.63) is 17.7 Å². The summed E-state index contributed by atoms with van der Waals surface area (Å²) >= 11 is 1.30. The van der Waals surface area contributed by atoms with Crippen molar-refractivity contribution in [3.8, 4) is 5.75 Å². The molecule has 5 N–H and O–H groups in total. The summed E-state index contributed by atoms with van der Waals surface area (Å²) in [5.74, 6) is 1.10. The quantitative estimate of drug-likeness (QED) is 0.463. The SMILES string of the molecule is CC(C)(C)Cc1c([SH+]C(C)(C)C)[nH]c2c(N3CCC(CCN)CC3)c(O)ccc12.[OH-]. The van der Waals surface area contributed by atoms with Gasteiger partial charge >= 0.3 is 0 Å². The van der Waals surface area contributed by atoms with Gasteiger partial charge in [0.2, 0.25) is 5.03 Å². The van der Waals surface area contributed by atoms with Crippen molar-refractivity contribution < 1.29 is 10.6 Å². The Balaban J connectivity index is 0.00000320. The number of hydrogen-bond acceptors (Lipinski definition) is 4. The minimum atomic E-state index is 0. The molecule has 1 fully saturated rings. The highest BCUT2D eigenvalue weighted by Crippen LogP contribution is 2.42. The van der Waals surface area contributed by atoms with E-state index in [0.717, 1.165) is 56.5 Å². The zero-order valence-corrected chi connectivity index (χ0v) is 20.4. The summed E-state index contributed by atoms with van der Waals surface area (Å²) in [6.45, 7) is 16.5. The molecule has 1 aromatic heterocycles. The van der Waals surface area contributed by atoms with Crippen molar-refractivity contribution >= 4 is 28.4 Å². The summed E-state index contributed by atoms with van der Waals surface area (Å²) in [5.41, 5.74) is 9.46. The number of phenolic OH excluding ortho intramolecular Hbond substituents is 1. The van der Waals surface area contributed by atoms with Crippen LogP contribution in [0.25, 0.3) is 10.9 Å². The number of hydrogen-bond donors (Lipinski definition) is 3. The monoisotopic (exact) mass is 435 g/mol. The molecule has 1 aliphatic rings. The molecule has 5 nitrogen and oxygen atoms in total. The van der Waals surface area contributed by atoms with Gasteiger partial charge in [0.05, 0.1) is 5.52 Å². The number of piperidine rings is 1. The lowest BCUT2D eigenvalue weighted by Crippen LogP contribution is -2.34. The Kier molecular flexibility index (Phi) is 7.81. The molecule has 0 atom stereocenters. The first-order chi connectivity index (χ1) is 13.5. The van der Waals surface area contributed by atoms with Crippen LogP contribution in [0.5, 0.6) is 5.75 Å². The van der Waals surface area contributed by atoms with Crippen LogP contribution in [0.15, 0.2) is 17.2 Å². The maximum Gasteiger partial charge on any atom is 0.227 e. The number of nitrogens with zero attached hydrogens (tertiary/aromatic N) is 1. The molecule has 0 radical (unpaired) electrons. The third-order valence-electron chi connectivity index (χ3n) is 5.67. The molecule has 2 heterocycles. The molecular weight excluding hydrogens is 394 g/mol. The number of aromatic amines is 1. The van der Waals surface area contributed by atoms with Gasteiger partial charge in [0.1, 0.15) is 16.2 Å². The van der Waals surface area contributed by atoms with E-state index in [4.69, 9.17) is 5.73 Å². The average molecular weight is 436 g/mol. The Morgan fingerprint density at radius 3 is 2.30 bits per heavy atom. The second-order valence-corrected chi connectivity index (χ2v) is 12.8. The van der Waals surface area contributed by atoms with Gasteiger partial charge < -0.3 is 26.2 Å². The van der Waals surface area contributed by atoms with Gasteiger partial charge in [-0.25, -0.2) is 0 Å². The van der Waals surface area contributed by atoms with E-state index in [-0.39, 0.29) is 15.6 Å². The molecule has 0 saturated carbocycles. The van der Waals surface area contributed by atoms with Crippen LogP contribution in [0.2, 0.25) is 0 Å². The number of fused-ring (bicyclic) bond motifs is 1. The van der Waals surface area contributed by atoms with Crippen LogP contribution in [-0.2, 0) is 18.2 Å². The fraction of sp³-hybridized carbons (Fsp3) is 0.667. The predicted molar refractivity (Wildman–Crippen MR) is 130 cm³/mol. The highest BCUT2D eigenvalue weighted by molar-refractivity contribution is 7.80. The van der Waals surface area contributed by atoms with Gasteiger partial charge in [-0.2, -0.15) is 0 Å². The lowest BCUT2D eigenvalue weighted by molar-refractivity contribution is 0.383. The van der Waals surface area contributed by atoms with E-state index in [1.165, 1.54) is 27.7 Å². The first-order valence-electron chi connectivity index (χ1n) is 11.0. The third-order valence-corrected chi connectivity index (χ3v) is 6.95. The number of phenols is 1. The van der Waals surface area contributed by atoms with Gasteiger partial charge in [0.25, 0.3) is 0 Å². The second kappa shape index (κ2) is 9.41. The Bertz CT molecular complexity index is 841. The van der Waals surface area contributed by atoms with Crippen LogP contribution in [-0.4, -0.2) is 39.9 Å². The van der Waals surface area contributed by atoms with E-state index in [1.807, 2.05) is 6.07 Å². The van der Waals surface area contributed by atoms with E-state index in [9.17, 15) is 5.11 Å². The Morgan fingerprint density at radius 2 is 1.77 bits per heavy atom. The lowest BCUT2D eigenvalue weighted by Gasteiger charge is -2.34. The number of nitrogens with two attached hydrogens (primary N) is 1. The summed E-state index contributed by atoms with van der Waals surface area (Å²) in [4.78, 5) is 6.13. The molecule has 6 heteroatoms. The first kappa shape index (κ1) is 24.9. The maximum absolute atomic E-state index is 10.8. The topological polar surface area (TPSA) is 95.3 Å². The molecule has 0 spiro atoms. The number of anilines is 1. The highest BCUT2D eigenvalue weighted by Gasteiger charge is 2.31. The molecule has 0 bridgehead atoms. The van der Waals surface area contributed by atoms with Crippen molar-refractivity contribution in [2.24, 2.45) is 17.1 Å². The molecule has 2 aromatic rings. The van der Waals surface area contributed by atoms with Gasteiger partial charge in [0.15, 0.2) is 0 Å². The summed E-state index contributed by atoms with van der Waals surface area (Å²) in [7, 11) is 0. The predicted octanol–water partition coefficient (Wildman–Crippen LogP) is 4.82. The fourth-order valence-electron chi connectivity index (χ4n) is 4.42. The van der Waals surface area contributed by atoms with E-state index >= 15 is 0 Å². The normalized spacial score (nSPS) is 16.2. The molecule has 1 aliphatic heterocycles. The summed E-state index contributed by atoms with van der Waals surface area (Å²) in [6.07, 6.45) is 4.43. The minimum absolute atomic E-state index is 0. The molecule has 30 heavy (non-hydrogen) atoms. The number of H-pyrrole nitrogens is 1. The second-order valence-electron chi connectivity index (χ2n) is 10.8. The number of thiol groups is 1. The van der Waals surface area contributed by atoms with Crippen molar-refractivity contribution in [3.63, 3.8) is 0 Å². The molecule has 0 amide bonds. The number of nitrogens with one attached hydrogen (secondary N) is 1. The molecule has 1 saturated heterocycles. The Morgan fingerprint density at radius 1 is 1.13 bits per heavy atom. The largest absolute Gasteiger partial charge is 0.870 e. The molecule has 1 aromatic carbocycles. The summed E-state index contributed by atoms with van der Waals surface area (Å²) in [6, 6.07) is 4.00. The van der Waals surface area contributed by atoms with Crippen LogP contribution in [0.4, 0.5) is 5.69 Å². The highest BCUT2D eigenvalue weighted by atomic mass is 32.2. The van der Waals surface area contributed by atoms with Crippen LogP contribution >= 0.6 is 0 Å². The molecule has 170 valence electrons. The van der Waals surface area contributed by atoms with Crippen molar-refractivity contribution in [2.45, 2.75) is 77.0 Å². The zero-order valence-electron chi connectivity index (χ0n) is 19.5. The van der Waals surface area contributed by atoms with Crippen LogP contribution in [0, 0.1) is 11.3 Å². The molecule has 0 unspecified atom stereocenters. The third kappa shape index (κ3) is 5.86. The number of benzene rings is 1. The van der Waals surface area contributed by atoms with E-state index in [1.54, 1.807) is 0 Å². The van der Waals surface area contributed by atoms with Gasteiger partial charge in [0, 0.05) is 35.8 Å². The lowest BCUT2D eigenvalue weighted by atomic mass is 9.88. The van der Waals surface area contributed by atoms with Crippen molar-refractivity contribution in [2.75, 3.05) is 24.5 Å². The van der Waals surface area contributed by atoms with E-state index in [2.05, 4.69) is 57.5 Å². The standard InChI is InChI=1S/C24H39N3OS.H2O/c1-23(2,3)15-18-17-7-8-19(28)21(20(17)26-22(18)29-24(4,5)6)27-13-10-16(9-12-25)11-14-27;/h7-8,16,26,28H,9-15,25H2,1-6H3;1H2. The van der Waals surface area contributed by atoms with Gasteiger partial charge in [-0.3, -0.25) is 0 Å². The van der Waals surface area contributed by atoms with E-state index < -0.39 is 0 Å². The Hall–Kier alpha value is -1.37. The average Bonchev–Trinajstić information content (AvgIpc) is 2.90. The minimum Gasteiger partial charge on any atom is -0.870 e. The fourth-order valence-corrected chi connectivity index (χ4v) is 5.59. The smallest absolute Gasteiger partial charge is 0.227 e. The summed E-state index contributed by atoms with van der Waals surface area (Å²) in [5, 5.41) is 13.4. The van der Waals surface area contributed by atoms with Crippen molar-refractivity contribution in [1.82, 2.24) is 4.98 Å². The van der Waals surface area contributed by atoms with Gasteiger partial charge in [-0.1, -0.05) is 20.8 Å². The van der Waals surface area contributed by atoms with Crippen LogP contribution in [0.3, 0.4) is 0 Å². The van der Waals surface area contributed by atoms with Crippen LogP contribution in [0.1, 0.15) is 66.4 Å². The van der Waals surface area contributed by atoms with Gasteiger partial charge in [-0.15, -0.1) is 0 Å². The molecule has 3 rings (SSSR count). The summed E-state index contributed by atoms with van der Waals surface area (Å²) < 4.78 is 0.177. The number of aromatic nitrogens is 1. The first-order valence-corrected chi connectivity index (χ1v) is 11.9. The van der Waals surface area contributed by atoms with Gasteiger partial charge in [-0.05, 0) is 76.5 Å².